The number of amides is 2. The molecular weight excluding hydrogens is 276 g/mol. The van der Waals surface area contributed by atoms with E-state index in [1.54, 1.807) is 11.8 Å². The Morgan fingerprint density at radius 1 is 1.30 bits per heavy atom. The summed E-state index contributed by atoms with van der Waals surface area (Å²) in [4.78, 5) is 23.3. The number of rotatable bonds is 6. The maximum absolute atomic E-state index is 12.0. The molecule has 0 aromatic heterocycles. The minimum Gasteiger partial charge on any atom is -0.481 e. The van der Waals surface area contributed by atoms with E-state index < -0.39 is 11.9 Å². The van der Waals surface area contributed by atoms with E-state index in [0.717, 1.165) is 37.9 Å². The summed E-state index contributed by atoms with van der Waals surface area (Å²) >= 11 is 1.69. The van der Waals surface area contributed by atoms with Gasteiger partial charge in [0.2, 0.25) is 0 Å². The van der Waals surface area contributed by atoms with E-state index in [9.17, 15) is 14.7 Å². The van der Waals surface area contributed by atoms with Gasteiger partial charge in [0.1, 0.15) is 0 Å². The van der Waals surface area contributed by atoms with Crippen LogP contribution in [0.2, 0.25) is 0 Å². The van der Waals surface area contributed by atoms with Gasteiger partial charge in [-0.3, -0.25) is 4.79 Å². The molecule has 5 nitrogen and oxygen atoms in total. The number of carbonyl (C=O) groups excluding carboxylic acids is 1. The molecule has 1 aliphatic rings. The molecule has 0 aromatic carbocycles. The van der Waals surface area contributed by atoms with E-state index in [1.807, 2.05) is 13.2 Å². The normalized spacial score (nSPS) is 24.5. The predicted octanol–water partition coefficient (Wildman–Crippen LogP) is 2.46. The summed E-state index contributed by atoms with van der Waals surface area (Å²) in [5, 5.41) is 15.1. The van der Waals surface area contributed by atoms with E-state index >= 15 is 0 Å². The van der Waals surface area contributed by atoms with Crippen molar-refractivity contribution in [2.75, 3.05) is 12.0 Å². The Morgan fingerprint density at radius 2 is 2.00 bits per heavy atom. The number of carboxylic acid groups (broad SMARTS) is 1. The Balaban J connectivity index is 2.54. The second-order valence-corrected chi connectivity index (χ2v) is 6.28. The topological polar surface area (TPSA) is 78.4 Å². The van der Waals surface area contributed by atoms with Crippen molar-refractivity contribution >= 4 is 23.8 Å². The summed E-state index contributed by atoms with van der Waals surface area (Å²) in [6.45, 7) is 2.03. The number of thioether (sulfide) groups is 1. The zero-order chi connectivity index (χ0) is 15.0. The molecule has 116 valence electrons. The van der Waals surface area contributed by atoms with Crippen LogP contribution in [0.25, 0.3) is 0 Å². The fraction of sp³-hybridized carbons (Fsp3) is 0.857. The molecule has 3 atom stereocenters. The van der Waals surface area contributed by atoms with Crippen LogP contribution in [0.3, 0.4) is 0 Å². The molecule has 0 aliphatic heterocycles. The van der Waals surface area contributed by atoms with Gasteiger partial charge in [-0.25, -0.2) is 4.79 Å². The zero-order valence-electron chi connectivity index (χ0n) is 12.4. The largest absolute Gasteiger partial charge is 0.481 e. The summed E-state index contributed by atoms with van der Waals surface area (Å²) in [6, 6.07) is -0.343. The van der Waals surface area contributed by atoms with Gasteiger partial charge >= 0.3 is 12.0 Å². The second kappa shape index (κ2) is 9.10. The van der Waals surface area contributed by atoms with E-state index in [2.05, 4.69) is 10.6 Å². The highest BCUT2D eigenvalue weighted by Crippen LogP contribution is 2.23. The molecule has 0 radical (unpaired) electrons. The van der Waals surface area contributed by atoms with Gasteiger partial charge in [0.15, 0.2) is 0 Å². The summed E-state index contributed by atoms with van der Waals surface area (Å²) in [5.41, 5.74) is 0. The fourth-order valence-electron chi connectivity index (χ4n) is 2.63. The summed E-state index contributed by atoms with van der Waals surface area (Å²) in [6.07, 6.45) is 7.26. The maximum Gasteiger partial charge on any atom is 0.315 e. The summed E-state index contributed by atoms with van der Waals surface area (Å²) < 4.78 is 0. The molecule has 3 unspecified atom stereocenters. The molecule has 0 aromatic rings. The molecule has 1 saturated carbocycles. The second-order valence-electron chi connectivity index (χ2n) is 5.37. The molecule has 3 N–H and O–H groups in total. The van der Waals surface area contributed by atoms with Gasteiger partial charge in [0.05, 0.1) is 5.92 Å². The van der Waals surface area contributed by atoms with Crippen LogP contribution in [0.5, 0.6) is 0 Å². The van der Waals surface area contributed by atoms with E-state index in [1.165, 1.54) is 0 Å². The first-order valence-corrected chi connectivity index (χ1v) is 8.76. The van der Waals surface area contributed by atoms with Crippen molar-refractivity contribution in [3.63, 3.8) is 0 Å². The lowest BCUT2D eigenvalue weighted by atomic mass is 9.95. The van der Waals surface area contributed by atoms with Crippen molar-refractivity contribution in [3.05, 3.63) is 0 Å². The summed E-state index contributed by atoms with van der Waals surface area (Å²) in [5.74, 6) is -0.381. The Kier molecular flexibility index (Phi) is 7.80. The minimum absolute atomic E-state index is 0.138. The van der Waals surface area contributed by atoms with Crippen LogP contribution in [0, 0.1) is 5.92 Å². The van der Waals surface area contributed by atoms with Crippen LogP contribution < -0.4 is 10.6 Å². The first-order valence-electron chi connectivity index (χ1n) is 7.37. The quantitative estimate of drug-likeness (QED) is 0.659. The maximum atomic E-state index is 12.0. The van der Waals surface area contributed by atoms with E-state index in [-0.39, 0.29) is 18.1 Å². The third-order valence-electron chi connectivity index (χ3n) is 3.85. The number of carboxylic acids is 1. The van der Waals surface area contributed by atoms with Crippen LogP contribution in [0.4, 0.5) is 4.79 Å². The van der Waals surface area contributed by atoms with Crippen molar-refractivity contribution in [3.8, 4) is 0 Å². The van der Waals surface area contributed by atoms with Crippen LogP contribution in [-0.2, 0) is 4.79 Å². The first kappa shape index (κ1) is 17.1. The lowest BCUT2D eigenvalue weighted by Gasteiger charge is -2.24. The molecular formula is C14H26N2O3S. The Morgan fingerprint density at radius 3 is 2.60 bits per heavy atom. The average molecular weight is 302 g/mol. The van der Waals surface area contributed by atoms with Crippen molar-refractivity contribution in [2.45, 2.75) is 57.5 Å². The standard InChI is InChI=1S/C14H26N2O3S/c1-3-10(9-20-2)15-14(19)16-12-8-6-4-5-7-11(12)13(17)18/h10-12H,3-9H2,1-2H3,(H,17,18)(H2,15,16,19). The lowest BCUT2D eigenvalue weighted by molar-refractivity contribution is -0.142. The van der Waals surface area contributed by atoms with Gasteiger partial charge in [-0.15, -0.1) is 0 Å². The van der Waals surface area contributed by atoms with Crippen molar-refractivity contribution in [1.29, 1.82) is 0 Å². The van der Waals surface area contributed by atoms with Gasteiger partial charge in [-0.1, -0.05) is 26.2 Å². The Hall–Kier alpha value is -0.910. The molecule has 1 rings (SSSR count). The highest BCUT2D eigenvalue weighted by atomic mass is 32.2. The SMILES string of the molecule is CCC(CSC)NC(=O)NC1CCCCCC1C(=O)O. The van der Waals surface area contributed by atoms with Gasteiger partial charge < -0.3 is 15.7 Å². The third kappa shape index (κ3) is 5.61. The third-order valence-corrected chi connectivity index (χ3v) is 4.58. The smallest absolute Gasteiger partial charge is 0.315 e. The predicted molar refractivity (Wildman–Crippen MR) is 82.1 cm³/mol. The lowest BCUT2D eigenvalue weighted by Crippen LogP contribution is -2.50. The molecule has 2 amide bonds. The van der Waals surface area contributed by atoms with E-state index in [4.69, 9.17) is 0 Å². The molecule has 0 saturated heterocycles. The molecule has 0 bridgehead atoms. The van der Waals surface area contributed by atoms with Crippen LogP contribution in [0.1, 0.15) is 45.4 Å². The number of carbonyl (C=O) groups is 2. The Labute approximate surface area is 125 Å². The molecule has 6 heteroatoms. The molecule has 1 aliphatic carbocycles. The van der Waals surface area contributed by atoms with Crippen LogP contribution in [0.15, 0.2) is 0 Å². The highest BCUT2D eigenvalue weighted by Gasteiger charge is 2.30. The van der Waals surface area contributed by atoms with Gasteiger partial charge in [0.25, 0.3) is 0 Å². The highest BCUT2D eigenvalue weighted by molar-refractivity contribution is 7.98. The molecule has 0 heterocycles. The number of aliphatic carboxylic acids is 1. The minimum atomic E-state index is -0.798. The van der Waals surface area contributed by atoms with Crippen LogP contribution >= 0.6 is 11.8 Å². The van der Waals surface area contributed by atoms with E-state index in [0.29, 0.717) is 6.42 Å². The average Bonchev–Trinajstić information content (AvgIpc) is 2.63. The molecule has 0 spiro atoms. The molecule has 1 fully saturated rings. The Bertz CT molecular complexity index is 326. The van der Waals surface area contributed by atoms with Gasteiger partial charge in [-0.05, 0) is 25.5 Å². The van der Waals surface area contributed by atoms with Gasteiger partial charge in [-0.2, -0.15) is 11.8 Å². The number of hydrogen-bond acceptors (Lipinski definition) is 3. The zero-order valence-corrected chi connectivity index (χ0v) is 13.2. The van der Waals surface area contributed by atoms with Crippen molar-refractivity contribution in [2.24, 2.45) is 5.92 Å². The fourth-order valence-corrected chi connectivity index (χ4v) is 3.36. The molecule has 20 heavy (non-hydrogen) atoms. The first-order chi connectivity index (χ1) is 9.58. The van der Waals surface area contributed by atoms with Gasteiger partial charge in [0, 0.05) is 17.8 Å². The number of urea groups is 1. The van der Waals surface area contributed by atoms with Crippen molar-refractivity contribution in [1.82, 2.24) is 10.6 Å². The number of hydrogen-bond donors (Lipinski definition) is 3. The number of nitrogens with one attached hydrogen (secondary N) is 2. The monoisotopic (exact) mass is 302 g/mol. The van der Waals surface area contributed by atoms with Crippen molar-refractivity contribution < 1.29 is 14.7 Å². The van der Waals surface area contributed by atoms with Crippen LogP contribution in [-0.4, -0.2) is 41.2 Å². The summed E-state index contributed by atoms with van der Waals surface area (Å²) in [7, 11) is 0.